The average molecular weight is 1460 g/mol. The molecule has 0 radical (unpaired) electrons. The predicted molar refractivity (Wildman–Crippen MR) is 383 cm³/mol. The highest BCUT2D eigenvalue weighted by molar-refractivity contribution is 8.01. The Hall–Kier alpha value is -0.0162. The second kappa shape index (κ2) is 49.5. The number of nitrogens with one attached hydrogen (secondary N) is 1. The van der Waals surface area contributed by atoms with Gasteiger partial charge in [0.2, 0.25) is 0 Å². The van der Waals surface area contributed by atoms with Crippen LogP contribution in [0.25, 0.3) is 0 Å². The molecule has 6 rings (SSSR count). The van der Waals surface area contributed by atoms with Crippen molar-refractivity contribution in [2.75, 3.05) is 95.0 Å². The van der Waals surface area contributed by atoms with Crippen LogP contribution in [0.4, 0.5) is 0 Å². The van der Waals surface area contributed by atoms with E-state index in [-0.39, 0.29) is 78.4 Å². The van der Waals surface area contributed by atoms with E-state index in [0.29, 0.717) is 17.9 Å². The second-order valence-corrected chi connectivity index (χ2v) is 46.5. The molecule has 1 amide bonds. The molecule has 0 saturated carbocycles. The normalized spacial score (nSPS) is 24.4. The van der Waals surface area contributed by atoms with Crippen LogP contribution in [0.2, 0.25) is 51.4 Å². The minimum absolute atomic E-state index is 0.0279. The van der Waals surface area contributed by atoms with Gasteiger partial charge in [-0.2, -0.15) is 12.6 Å². The zero-order valence-electron chi connectivity index (χ0n) is 57.6. The van der Waals surface area contributed by atoms with Gasteiger partial charge in [-0.25, -0.2) is 19.5 Å². The molecule has 6 saturated heterocycles. The lowest BCUT2D eigenvalue weighted by Gasteiger charge is -2.20. The molecule has 21 nitrogen and oxygen atoms in total. The number of likely N-dealkylation sites (N-methyl/N-ethyl adjacent to an activating group) is 1. The third-order valence-corrected chi connectivity index (χ3v) is 22.8. The van der Waals surface area contributed by atoms with Crippen LogP contribution in [0, 0.1) is 0 Å². The molecule has 7 atom stereocenters. The van der Waals surface area contributed by atoms with Crippen molar-refractivity contribution in [1.29, 1.82) is 0 Å². The third-order valence-electron chi connectivity index (χ3n) is 11.3. The number of aldehydes is 2. The topological polar surface area (TPSA) is 285 Å². The Morgan fingerprint density at radius 2 is 1.07 bits per heavy atom. The Bertz CT molecular complexity index is 1930. The zero-order valence-corrected chi connectivity index (χ0v) is 66.2. The number of thiol groups is 1. The minimum Gasteiger partial charge on any atom is -0.502 e. The molecule has 0 bridgehead atoms. The van der Waals surface area contributed by atoms with E-state index in [9.17, 15) is 24.0 Å². The van der Waals surface area contributed by atoms with Crippen LogP contribution in [0.5, 0.6) is 0 Å². The van der Waals surface area contributed by atoms with Crippen molar-refractivity contribution < 1.29 is 92.2 Å². The van der Waals surface area contributed by atoms with Crippen LogP contribution in [0.1, 0.15) is 103 Å². The maximum atomic E-state index is 11.5. The molecule has 0 aromatic rings. The SMILES string of the molecule is CC1(C)OC(/C=C/OCC[Si](C)(C)C)CS1.CC1(C)OC(C(=O)O)CS1.CC1(C)OC(C=O)CS1.CC1(C)OC(CC=O)CS1.CC1(C)OC(CCO)CS1.CCOCC[Si](C)(C)C.CNCl.CO.CON(C)C(=O)C1CSC(C)(C)O1.O=C(O)C(O)CS. The average Bonchev–Trinajstić information content (AvgIpc) is 4.47. The Balaban J connectivity index is -0.000000463. The van der Waals surface area contributed by atoms with Gasteiger partial charge < -0.3 is 73.0 Å². The number of hydroxylamine groups is 2. The number of nitrogens with zero attached hydrogens (tertiary/aromatic N) is 1. The number of halogens is 1. The Kier molecular flexibility index (Phi) is 53.0. The van der Waals surface area contributed by atoms with Crippen molar-refractivity contribution in [2.24, 2.45) is 0 Å². The standard InChI is InChI=1S/C12H24O2SSi.C8H15NO3S.C7H14O2S.C7H12O2S.C7H18OSi.C6H10O3S.C6H10O2S.C3H6O3S.CH4ClN.CH4O/c1-12(2)14-11(10-15-12)6-7-13-8-9-16(3,4)5;1-8(2)12-6(5-13-8)7(10)9(3)11-4;2*1-7(2)9-6(3-4-8)5-10-7;1-5-8-6-7-9(2,3)4;1-6(2)9-4(3-10-6)5(7)8;1-6(2)8-5(3-7)4-9-6;4-2(1-7)3(5)6;1-3-2;1-2/h6-7,11H,8-10H2,1-5H3;6H,5H2,1-4H3;6,8H,3-5H2,1-2H3;4,6H,3,5H2,1-2H3;5-7H2,1-4H3;4H,3H2,1-2H3,(H,7,8);3,5H,4H2,1-2H3;2,4,7H,1H2,(H,5,6);3H,1H3;2H,1H3/b7-6+;;;;;;;;;. The van der Waals surface area contributed by atoms with Gasteiger partial charge in [0.05, 0.1) is 38.3 Å². The fraction of sp³-hybridized carbons (Fsp3) is 0.879. The summed E-state index contributed by atoms with van der Waals surface area (Å²) in [7, 11) is 3.91. The van der Waals surface area contributed by atoms with Crippen LogP contribution >= 0.6 is 95.0 Å². The molecule has 0 aromatic carbocycles. The molecule has 7 unspecified atom stereocenters. The number of carbonyl (C=O) groups excluding carboxylic acids is 3. The van der Waals surface area contributed by atoms with Crippen molar-refractivity contribution in [2.45, 2.75) is 227 Å². The maximum absolute atomic E-state index is 11.5. The highest BCUT2D eigenvalue weighted by atomic mass is 35.5. The molecule has 0 spiro atoms. The van der Waals surface area contributed by atoms with Crippen LogP contribution in [-0.2, 0) is 66.7 Å². The highest BCUT2D eigenvalue weighted by Crippen LogP contribution is 2.39. The third kappa shape index (κ3) is 54.8. The number of aliphatic carboxylic acids is 2. The summed E-state index contributed by atoms with van der Waals surface area (Å²) in [5.74, 6) is 2.81. The maximum Gasteiger partial charge on any atom is 0.333 e. The van der Waals surface area contributed by atoms with E-state index in [2.05, 4.69) is 84.4 Å². The van der Waals surface area contributed by atoms with Crippen LogP contribution in [0.15, 0.2) is 12.3 Å². The Morgan fingerprint density at radius 1 is 0.674 bits per heavy atom. The van der Waals surface area contributed by atoms with E-state index in [0.717, 1.165) is 68.9 Å². The van der Waals surface area contributed by atoms with Crippen molar-refractivity contribution in [3.05, 3.63) is 12.3 Å². The lowest BCUT2D eigenvalue weighted by molar-refractivity contribution is -0.181. The van der Waals surface area contributed by atoms with Crippen molar-refractivity contribution in [3.8, 4) is 0 Å². The summed E-state index contributed by atoms with van der Waals surface area (Å²) in [4.78, 5) is 57.9. The molecule has 530 valence electrons. The first-order valence-electron chi connectivity index (χ1n) is 29.4. The molecule has 6 N–H and O–H groups in total. The molecular weight excluding hydrogens is 1340 g/mol. The summed E-state index contributed by atoms with van der Waals surface area (Å²) >= 11 is 18.6. The van der Waals surface area contributed by atoms with Gasteiger partial charge in [0.25, 0.3) is 5.91 Å². The smallest absolute Gasteiger partial charge is 0.333 e. The fourth-order valence-corrected chi connectivity index (χ4v) is 14.1. The second-order valence-electron chi connectivity index (χ2n) is 24.9. The first-order valence-corrected chi connectivity index (χ1v) is 43.7. The fourth-order valence-electron chi connectivity index (χ4n) is 6.72. The van der Waals surface area contributed by atoms with Gasteiger partial charge in [0.15, 0.2) is 12.2 Å². The van der Waals surface area contributed by atoms with E-state index in [1.165, 1.54) is 36.0 Å². The van der Waals surface area contributed by atoms with E-state index in [4.69, 9.17) is 80.0 Å². The quantitative estimate of drug-likeness (QED) is 0.0120. The number of amides is 1. The van der Waals surface area contributed by atoms with Crippen LogP contribution < -0.4 is 4.84 Å². The number of aliphatic hydroxyl groups excluding tert-OH is 3. The number of aliphatic hydroxyl groups is 3. The summed E-state index contributed by atoms with van der Waals surface area (Å²) in [6.45, 7) is 43.2. The van der Waals surface area contributed by atoms with Crippen molar-refractivity contribution in [1.82, 2.24) is 9.90 Å². The number of thioether (sulfide) groups is 6. The zero-order chi connectivity index (χ0) is 70.1. The number of hydrogen-bond donors (Lipinski definition) is 7. The Labute approximate surface area is 573 Å². The van der Waals surface area contributed by atoms with Gasteiger partial charge in [0, 0.05) is 96.8 Å². The lowest BCUT2D eigenvalue weighted by Crippen LogP contribution is -2.38. The van der Waals surface area contributed by atoms with Crippen molar-refractivity contribution >= 4 is 142 Å². The molecule has 0 aliphatic carbocycles. The monoisotopic (exact) mass is 1460 g/mol. The first-order chi connectivity index (χ1) is 40.8. The van der Waals surface area contributed by atoms with E-state index >= 15 is 0 Å². The number of rotatable bonds is 19. The number of carboxylic acid groups (broad SMARTS) is 2. The first kappa shape index (κ1) is 95.4. The summed E-state index contributed by atoms with van der Waals surface area (Å²) in [6, 6.07) is 2.50. The van der Waals surface area contributed by atoms with Gasteiger partial charge in [-0.15, -0.1) is 70.6 Å². The van der Waals surface area contributed by atoms with E-state index in [1.807, 2.05) is 98.2 Å². The number of ether oxygens (including phenoxy) is 8. The molecule has 6 aliphatic heterocycles. The van der Waals surface area contributed by atoms with Crippen molar-refractivity contribution in [3.63, 3.8) is 0 Å². The summed E-state index contributed by atoms with van der Waals surface area (Å²) in [6.07, 6.45) is 5.10. The summed E-state index contributed by atoms with van der Waals surface area (Å²) in [5.41, 5.74) is 0. The lowest BCUT2D eigenvalue weighted by atomic mass is 10.3. The van der Waals surface area contributed by atoms with E-state index in [1.54, 1.807) is 49.4 Å². The molecule has 6 aliphatic rings. The van der Waals surface area contributed by atoms with Gasteiger partial charge in [-0.3, -0.25) is 9.63 Å². The van der Waals surface area contributed by atoms with Gasteiger partial charge in [0.1, 0.15) is 54.4 Å². The molecule has 0 aromatic heterocycles. The number of carboxylic acids is 2. The minimum atomic E-state index is -1.32. The van der Waals surface area contributed by atoms with Crippen LogP contribution in [-0.4, -0.2) is 245 Å². The number of carbonyl (C=O) groups is 5. The number of hydrogen-bond acceptors (Lipinski definition) is 25. The largest absolute Gasteiger partial charge is 0.502 e. The molecule has 89 heavy (non-hydrogen) atoms. The van der Waals surface area contributed by atoms with Crippen LogP contribution in [0.3, 0.4) is 0 Å². The summed E-state index contributed by atoms with van der Waals surface area (Å²) < 4.78 is 43.7. The molecule has 6 heterocycles. The van der Waals surface area contributed by atoms with E-state index < -0.39 is 40.3 Å². The highest BCUT2D eigenvalue weighted by Gasteiger charge is 2.39. The molecular formula is C58H117ClN2O19S7Si2. The predicted octanol–water partition coefficient (Wildman–Crippen LogP) is 11.0. The molecule has 31 heteroatoms. The molecule has 6 fully saturated rings. The van der Waals surface area contributed by atoms with Gasteiger partial charge >= 0.3 is 11.9 Å². The van der Waals surface area contributed by atoms with Gasteiger partial charge in [-0.05, 0) is 133 Å². The van der Waals surface area contributed by atoms with Gasteiger partial charge in [-0.1, -0.05) is 39.3 Å². The summed E-state index contributed by atoms with van der Waals surface area (Å²) in [5, 5.41) is 41.5. The Morgan fingerprint density at radius 3 is 1.35 bits per heavy atom.